The number of nitrogens with zero attached hydrogens (tertiary/aromatic N) is 1. The number of H-pyrrole nitrogens is 1. The number of carbonyl (C=O) groups is 1. The fraction of sp³-hybridized carbons (Fsp3) is 0.167. The molecule has 0 aliphatic rings. The summed E-state index contributed by atoms with van der Waals surface area (Å²) in [6, 6.07) is 13.9. The summed E-state index contributed by atoms with van der Waals surface area (Å²) in [6.45, 7) is 0.305. The van der Waals surface area contributed by atoms with E-state index >= 15 is 0 Å². The van der Waals surface area contributed by atoms with Crippen molar-refractivity contribution in [2.45, 2.75) is 19.4 Å². The van der Waals surface area contributed by atoms with E-state index in [2.05, 4.69) is 4.98 Å². The molecule has 0 saturated heterocycles. The number of hydrogen-bond donors (Lipinski definition) is 2. The quantitative estimate of drug-likeness (QED) is 0.751. The molecular weight excluding hydrogens is 308 g/mol. The summed E-state index contributed by atoms with van der Waals surface area (Å²) in [5.41, 5.74) is 0.485. The van der Waals surface area contributed by atoms with Gasteiger partial charge in [-0.1, -0.05) is 30.3 Å². The van der Waals surface area contributed by atoms with E-state index in [9.17, 15) is 14.4 Å². The van der Waals surface area contributed by atoms with Crippen molar-refractivity contribution < 1.29 is 9.90 Å². The summed E-state index contributed by atoms with van der Waals surface area (Å²) in [7, 11) is 0. The fourth-order valence-electron chi connectivity index (χ4n) is 2.68. The first-order valence-corrected chi connectivity index (χ1v) is 7.60. The molecule has 0 amide bonds. The van der Waals surface area contributed by atoms with Crippen LogP contribution in [0.2, 0.25) is 0 Å². The van der Waals surface area contributed by atoms with Gasteiger partial charge in [0.1, 0.15) is 0 Å². The molecule has 0 unspecified atom stereocenters. The highest BCUT2D eigenvalue weighted by molar-refractivity contribution is 5.92. The SMILES string of the molecule is O=C(O)c1ccc2c(=O)n(CCCc3ccccc3)c(=O)[nH]c2c1. The standard InChI is InChI=1S/C18H16N2O4/c21-16-14-9-8-13(17(22)23)11-15(14)19-18(24)20(16)10-4-7-12-5-2-1-3-6-12/h1-3,5-6,8-9,11H,4,7,10H2,(H,19,24)(H,22,23). The second kappa shape index (κ2) is 6.54. The number of hydrogen-bond acceptors (Lipinski definition) is 3. The molecule has 0 aliphatic carbocycles. The van der Waals surface area contributed by atoms with Crippen molar-refractivity contribution in [1.82, 2.24) is 9.55 Å². The number of fused-ring (bicyclic) bond motifs is 1. The minimum absolute atomic E-state index is 0.0272. The summed E-state index contributed by atoms with van der Waals surface area (Å²) in [5, 5.41) is 9.29. The van der Waals surface area contributed by atoms with Gasteiger partial charge in [-0.05, 0) is 36.6 Å². The molecule has 1 aromatic heterocycles. The zero-order valence-electron chi connectivity index (χ0n) is 12.9. The topological polar surface area (TPSA) is 92.2 Å². The molecule has 1 heterocycles. The number of aryl methyl sites for hydroxylation is 1. The lowest BCUT2D eigenvalue weighted by molar-refractivity contribution is 0.0697. The van der Waals surface area contributed by atoms with Crippen molar-refractivity contribution in [3.8, 4) is 0 Å². The highest BCUT2D eigenvalue weighted by Crippen LogP contribution is 2.09. The maximum atomic E-state index is 12.5. The van der Waals surface area contributed by atoms with Gasteiger partial charge in [0, 0.05) is 6.54 Å². The van der Waals surface area contributed by atoms with Crippen LogP contribution in [0.3, 0.4) is 0 Å². The first kappa shape index (κ1) is 15.7. The maximum Gasteiger partial charge on any atom is 0.335 e. The molecule has 0 atom stereocenters. The predicted molar refractivity (Wildman–Crippen MR) is 90.6 cm³/mol. The number of aromatic nitrogens is 2. The third kappa shape index (κ3) is 3.12. The lowest BCUT2D eigenvalue weighted by Crippen LogP contribution is -2.35. The predicted octanol–water partition coefficient (Wildman–Crippen LogP) is 2.02. The summed E-state index contributed by atoms with van der Waals surface area (Å²) in [5.74, 6) is -1.11. The Balaban J connectivity index is 1.88. The Morgan fingerprint density at radius 1 is 1.08 bits per heavy atom. The first-order valence-electron chi connectivity index (χ1n) is 7.60. The van der Waals surface area contributed by atoms with Gasteiger partial charge in [0.2, 0.25) is 0 Å². The van der Waals surface area contributed by atoms with E-state index in [0.29, 0.717) is 18.4 Å². The van der Waals surface area contributed by atoms with Crippen molar-refractivity contribution in [1.29, 1.82) is 0 Å². The Hall–Kier alpha value is -3.15. The number of nitrogens with one attached hydrogen (secondary N) is 1. The summed E-state index contributed by atoms with van der Waals surface area (Å²) < 4.78 is 1.16. The molecular formula is C18H16N2O4. The molecule has 0 saturated carbocycles. The minimum atomic E-state index is -1.11. The van der Waals surface area contributed by atoms with Gasteiger partial charge < -0.3 is 10.1 Å². The van der Waals surface area contributed by atoms with Gasteiger partial charge in [-0.15, -0.1) is 0 Å². The van der Waals surface area contributed by atoms with E-state index in [4.69, 9.17) is 5.11 Å². The van der Waals surface area contributed by atoms with Gasteiger partial charge in [-0.2, -0.15) is 0 Å². The Labute approximate surface area is 137 Å². The van der Waals surface area contributed by atoms with Crippen LogP contribution in [0.15, 0.2) is 58.1 Å². The lowest BCUT2D eigenvalue weighted by Gasteiger charge is -2.07. The van der Waals surface area contributed by atoms with E-state index in [0.717, 1.165) is 16.6 Å². The molecule has 122 valence electrons. The van der Waals surface area contributed by atoms with Crippen molar-refractivity contribution >= 4 is 16.9 Å². The number of aromatic amines is 1. The van der Waals surface area contributed by atoms with Crippen LogP contribution < -0.4 is 11.2 Å². The lowest BCUT2D eigenvalue weighted by atomic mass is 10.1. The Morgan fingerprint density at radius 3 is 2.54 bits per heavy atom. The van der Waals surface area contributed by atoms with E-state index < -0.39 is 17.2 Å². The molecule has 0 aliphatic heterocycles. The largest absolute Gasteiger partial charge is 0.478 e. The Kier molecular flexibility index (Phi) is 4.29. The highest BCUT2D eigenvalue weighted by atomic mass is 16.4. The van der Waals surface area contributed by atoms with Gasteiger partial charge in [0.15, 0.2) is 0 Å². The van der Waals surface area contributed by atoms with Crippen LogP contribution in [-0.4, -0.2) is 20.6 Å². The van der Waals surface area contributed by atoms with Crippen molar-refractivity contribution in [2.75, 3.05) is 0 Å². The molecule has 0 fully saturated rings. The van der Waals surface area contributed by atoms with Crippen LogP contribution >= 0.6 is 0 Å². The molecule has 3 rings (SSSR count). The molecule has 0 radical (unpaired) electrons. The van der Waals surface area contributed by atoms with Crippen molar-refractivity contribution in [2.24, 2.45) is 0 Å². The maximum absolute atomic E-state index is 12.5. The molecule has 0 spiro atoms. The average Bonchev–Trinajstić information content (AvgIpc) is 2.58. The normalized spacial score (nSPS) is 10.8. The van der Waals surface area contributed by atoms with Gasteiger partial charge in [-0.25, -0.2) is 9.59 Å². The number of benzene rings is 2. The van der Waals surface area contributed by atoms with Crippen LogP contribution in [-0.2, 0) is 13.0 Å². The average molecular weight is 324 g/mol. The third-order valence-electron chi connectivity index (χ3n) is 3.92. The zero-order chi connectivity index (χ0) is 17.1. The van der Waals surface area contributed by atoms with Crippen molar-refractivity contribution in [3.63, 3.8) is 0 Å². The van der Waals surface area contributed by atoms with E-state index in [1.807, 2.05) is 30.3 Å². The van der Waals surface area contributed by atoms with E-state index in [1.165, 1.54) is 18.2 Å². The van der Waals surface area contributed by atoms with Gasteiger partial charge in [-0.3, -0.25) is 9.36 Å². The third-order valence-corrected chi connectivity index (χ3v) is 3.92. The number of carboxylic acids is 1. The summed E-state index contributed by atoms with van der Waals surface area (Å²) >= 11 is 0. The monoisotopic (exact) mass is 324 g/mol. The Bertz CT molecular complexity index is 1000. The highest BCUT2D eigenvalue weighted by Gasteiger charge is 2.10. The van der Waals surface area contributed by atoms with Crippen molar-refractivity contribution in [3.05, 3.63) is 80.5 Å². The molecule has 6 nitrogen and oxygen atoms in total. The second-order valence-corrected chi connectivity index (χ2v) is 5.54. The van der Waals surface area contributed by atoms with Crippen LogP contribution in [0.25, 0.3) is 10.9 Å². The summed E-state index contributed by atoms with van der Waals surface area (Å²) in [6.07, 6.45) is 1.43. The first-order chi connectivity index (χ1) is 11.6. The molecule has 6 heteroatoms. The fourth-order valence-corrected chi connectivity index (χ4v) is 2.68. The molecule has 2 aromatic carbocycles. The van der Waals surface area contributed by atoms with E-state index in [-0.39, 0.29) is 11.1 Å². The zero-order valence-corrected chi connectivity index (χ0v) is 12.9. The molecule has 3 aromatic rings. The molecule has 0 bridgehead atoms. The Morgan fingerprint density at radius 2 is 1.83 bits per heavy atom. The van der Waals surface area contributed by atoms with Gasteiger partial charge in [0.05, 0.1) is 16.5 Å². The van der Waals surface area contributed by atoms with Crippen LogP contribution in [0.5, 0.6) is 0 Å². The number of aromatic carboxylic acids is 1. The summed E-state index contributed by atoms with van der Waals surface area (Å²) in [4.78, 5) is 38.2. The smallest absolute Gasteiger partial charge is 0.335 e. The van der Waals surface area contributed by atoms with Crippen LogP contribution in [0, 0.1) is 0 Å². The van der Waals surface area contributed by atoms with Gasteiger partial charge in [0.25, 0.3) is 5.56 Å². The number of rotatable bonds is 5. The molecule has 24 heavy (non-hydrogen) atoms. The number of carboxylic acid groups (broad SMARTS) is 1. The minimum Gasteiger partial charge on any atom is -0.478 e. The van der Waals surface area contributed by atoms with Gasteiger partial charge >= 0.3 is 11.7 Å². The molecule has 2 N–H and O–H groups in total. The second-order valence-electron chi connectivity index (χ2n) is 5.54. The van der Waals surface area contributed by atoms with Crippen LogP contribution in [0.4, 0.5) is 0 Å². The van der Waals surface area contributed by atoms with E-state index in [1.54, 1.807) is 0 Å². The van der Waals surface area contributed by atoms with Crippen LogP contribution in [0.1, 0.15) is 22.3 Å².